The third-order valence-corrected chi connectivity index (χ3v) is 14.0. The molecule has 7 rings (SSSR count). The van der Waals surface area contributed by atoms with Crippen LogP contribution in [0.4, 0.5) is 4.79 Å². The molecule has 60 heavy (non-hydrogen) atoms. The molecule has 0 unspecified atom stereocenters. The summed E-state index contributed by atoms with van der Waals surface area (Å²) in [4.78, 5) is 91.5. The van der Waals surface area contributed by atoms with E-state index in [1.807, 2.05) is 31.2 Å². The number of amides is 5. The summed E-state index contributed by atoms with van der Waals surface area (Å²) in [7, 11) is 4.67. The van der Waals surface area contributed by atoms with Gasteiger partial charge in [-0.25, -0.2) is 4.79 Å². The molecule has 0 aromatic heterocycles. The highest BCUT2D eigenvalue weighted by Crippen LogP contribution is 2.45. The second kappa shape index (κ2) is 18.3. The molecule has 3 aliphatic carbocycles. The van der Waals surface area contributed by atoms with E-state index in [4.69, 9.17) is 9.47 Å². The number of likely N-dealkylation sites (tertiary alicyclic amines) is 2. The minimum absolute atomic E-state index is 0.0919. The number of hydrogen-bond donors (Lipinski definition) is 1. The fourth-order valence-corrected chi connectivity index (χ4v) is 10.6. The van der Waals surface area contributed by atoms with Gasteiger partial charge in [0, 0.05) is 53.2 Å². The van der Waals surface area contributed by atoms with Gasteiger partial charge in [0.2, 0.25) is 23.6 Å². The molecule has 4 atom stereocenters. The molecule has 5 amide bonds. The number of likely N-dealkylation sites (N-methyl/N-ethyl adjacent to an activating group) is 3. The highest BCUT2D eigenvalue weighted by atomic mass is 16.6. The summed E-state index contributed by atoms with van der Waals surface area (Å²) < 4.78 is 12.0. The van der Waals surface area contributed by atoms with E-state index in [9.17, 15) is 33.9 Å². The first-order valence-corrected chi connectivity index (χ1v) is 21.9. The Kier molecular flexibility index (Phi) is 13.2. The van der Waals surface area contributed by atoms with Crippen LogP contribution in [0.5, 0.6) is 0 Å². The molecule has 1 N–H and O–H groups in total. The number of ether oxygens (including phenoxy) is 2. The standard InChI is InChI=1S/C46H61N5O9/c1-5-59-31-26-38(51(28-31)45(58)60-29-36-34-20-11-9-18-32(34)33-19-10-12-21-35(33)36)41(54)49(4)46(22-15-23-46)44(57)48(3)40(30-16-7-8-17-30)43(56)47(2)37(27-39(52)53)42(55)50-24-13-6-14-25-50/h9-12,18-21,30-31,36-38,40H,5-8,13-17,22-29H2,1-4H3,(H,52,53)/t31-,37+,38+,40+/m1/s1. The van der Waals surface area contributed by atoms with Crippen molar-refractivity contribution in [3.63, 3.8) is 0 Å². The number of piperidine rings is 1. The van der Waals surface area contributed by atoms with Crippen LogP contribution in [0.15, 0.2) is 48.5 Å². The monoisotopic (exact) mass is 827 g/mol. The van der Waals surface area contributed by atoms with Crippen LogP contribution in [0.1, 0.15) is 101 Å². The molecule has 0 spiro atoms. The number of fused-ring (bicyclic) bond motifs is 3. The topological polar surface area (TPSA) is 157 Å². The Balaban J connectivity index is 1.09. The zero-order valence-corrected chi connectivity index (χ0v) is 35.6. The maximum atomic E-state index is 15.0. The summed E-state index contributed by atoms with van der Waals surface area (Å²) in [6, 6.07) is 13.1. The van der Waals surface area contributed by atoms with Crippen LogP contribution in [0.2, 0.25) is 0 Å². The summed E-state index contributed by atoms with van der Waals surface area (Å²) in [5, 5.41) is 9.86. The maximum absolute atomic E-state index is 15.0. The fraction of sp³-hybridized carbons (Fsp3) is 0.609. The predicted octanol–water partition coefficient (Wildman–Crippen LogP) is 5.13. The molecule has 2 heterocycles. The van der Waals surface area contributed by atoms with Gasteiger partial charge in [-0.1, -0.05) is 61.4 Å². The van der Waals surface area contributed by atoms with E-state index >= 15 is 0 Å². The number of carboxylic acid groups (broad SMARTS) is 1. The van der Waals surface area contributed by atoms with Crippen LogP contribution >= 0.6 is 0 Å². The van der Waals surface area contributed by atoms with Gasteiger partial charge in [-0.05, 0) is 86.5 Å². The molecule has 5 aliphatic rings. The number of nitrogens with zero attached hydrogens (tertiary/aromatic N) is 5. The largest absolute Gasteiger partial charge is 0.481 e. The van der Waals surface area contributed by atoms with Gasteiger partial charge in [-0.2, -0.15) is 0 Å². The average molecular weight is 828 g/mol. The van der Waals surface area contributed by atoms with Crippen molar-refractivity contribution in [1.82, 2.24) is 24.5 Å². The van der Waals surface area contributed by atoms with E-state index < -0.39 is 66.0 Å². The SMILES string of the molecule is CCO[C@@H]1C[C@@H](C(=O)N(C)C2(C(=O)N(C)[C@H](C(=O)N(C)[C@@H](CC(=O)O)C(=O)N3CCCCC3)C3CCCC3)CCC2)N(C(=O)OCC2c3ccccc3-c3ccccc32)C1. The number of aliphatic carboxylic acids is 1. The third-order valence-electron chi connectivity index (χ3n) is 14.0. The predicted molar refractivity (Wildman–Crippen MR) is 223 cm³/mol. The van der Waals surface area contributed by atoms with Gasteiger partial charge < -0.3 is 34.2 Å². The molecule has 2 saturated carbocycles. The van der Waals surface area contributed by atoms with Crippen molar-refractivity contribution in [2.24, 2.45) is 5.92 Å². The van der Waals surface area contributed by atoms with Gasteiger partial charge in [-0.15, -0.1) is 0 Å². The highest BCUT2D eigenvalue weighted by molar-refractivity contribution is 5.98. The lowest BCUT2D eigenvalue weighted by atomic mass is 9.73. The molecule has 324 valence electrons. The first-order valence-electron chi connectivity index (χ1n) is 21.9. The Morgan fingerprint density at radius 2 is 1.45 bits per heavy atom. The van der Waals surface area contributed by atoms with Crippen LogP contribution in [0.3, 0.4) is 0 Å². The van der Waals surface area contributed by atoms with Crippen LogP contribution in [0.25, 0.3) is 11.1 Å². The highest BCUT2D eigenvalue weighted by Gasteiger charge is 2.56. The van der Waals surface area contributed by atoms with Gasteiger partial charge >= 0.3 is 12.1 Å². The molecule has 2 aliphatic heterocycles. The van der Waals surface area contributed by atoms with Gasteiger partial charge in [0.15, 0.2) is 0 Å². The fourth-order valence-electron chi connectivity index (χ4n) is 10.6. The molecule has 2 aromatic carbocycles. The summed E-state index contributed by atoms with van der Waals surface area (Å²) in [6.45, 7) is 3.53. The number of carbonyl (C=O) groups is 6. The Morgan fingerprint density at radius 3 is 2.02 bits per heavy atom. The van der Waals surface area contributed by atoms with E-state index in [-0.39, 0.29) is 37.3 Å². The van der Waals surface area contributed by atoms with Crippen molar-refractivity contribution in [1.29, 1.82) is 0 Å². The quantitative estimate of drug-likeness (QED) is 0.273. The van der Waals surface area contributed by atoms with E-state index in [0.717, 1.165) is 54.4 Å². The molecule has 0 radical (unpaired) electrons. The summed E-state index contributed by atoms with van der Waals surface area (Å²) in [5.74, 6) is -3.20. The zero-order valence-electron chi connectivity index (χ0n) is 35.6. The Bertz CT molecular complexity index is 1890. The number of carboxylic acids is 1. The van der Waals surface area contributed by atoms with Crippen molar-refractivity contribution in [2.45, 2.75) is 120 Å². The summed E-state index contributed by atoms with van der Waals surface area (Å²) >= 11 is 0. The van der Waals surface area contributed by atoms with Gasteiger partial charge in [0.25, 0.3) is 0 Å². The Labute approximate surface area is 353 Å². The second-order valence-corrected chi connectivity index (χ2v) is 17.4. The molecule has 2 aromatic rings. The number of carbonyl (C=O) groups excluding carboxylic acids is 5. The van der Waals surface area contributed by atoms with Gasteiger partial charge in [-0.3, -0.25) is 28.9 Å². The third kappa shape index (κ3) is 8.23. The minimum atomic E-state index is -1.26. The Hall–Kier alpha value is -4.98. The van der Waals surface area contributed by atoms with E-state index in [2.05, 4.69) is 24.3 Å². The van der Waals surface area contributed by atoms with Crippen LogP contribution < -0.4 is 0 Å². The van der Waals surface area contributed by atoms with Crippen LogP contribution in [0, 0.1) is 5.92 Å². The Morgan fingerprint density at radius 1 is 0.833 bits per heavy atom. The molecule has 14 nitrogen and oxygen atoms in total. The van der Waals surface area contributed by atoms with E-state index in [0.29, 0.717) is 51.8 Å². The number of benzene rings is 2. The van der Waals surface area contributed by atoms with Crippen molar-refractivity contribution in [3.05, 3.63) is 59.7 Å². The number of rotatable bonds is 14. The second-order valence-electron chi connectivity index (χ2n) is 17.4. The van der Waals surface area contributed by atoms with Gasteiger partial charge in [0.1, 0.15) is 30.3 Å². The lowest BCUT2D eigenvalue weighted by molar-refractivity contribution is -0.166. The maximum Gasteiger partial charge on any atom is 0.410 e. The molecule has 0 bridgehead atoms. The van der Waals surface area contributed by atoms with Crippen molar-refractivity contribution < 1.29 is 43.3 Å². The molecule has 14 heteroatoms. The lowest BCUT2D eigenvalue weighted by Gasteiger charge is -2.51. The van der Waals surface area contributed by atoms with E-state index in [1.165, 1.54) is 26.6 Å². The summed E-state index contributed by atoms with van der Waals surface area (Å²) in [5.41, 5.74) is 3.11. The first-order chi connectivity index (χ1) is 28.9. The average Bonchev–Trinajstić information content (AvgIpc) is 4.00. The summed E-state index contributed by atoms with van der Waals surface area (Å²) in [6.07, 6.45) is 5.88. The first kappa shape index (κ1) is 43.1. The minimum Gasteiger partial charge on any atom is -0.481 e. The molecule has 4 fully saturated rings. The van der Waals surface area contributed by atoms with Crippen LogP contribution in [-0.2, 0) is 33.4 Å². The van der Waals surface area contributed by atoms with E-state index in [1.54, 1.807) is 19.0 Å². The zero-order chi connectivity index (χ0) is 42.7. The lowest BCUT2D eigenvalue weighted by Crippen LogP contribution is -2.68. The van der Waals surface area contributed by atoms with Gasteiger partial charge in [0.05, 0.1) is 19.1 Å². The molecule has 2 saturated heterocycles. The van der Waals surface area contributed by atoms with Crippen molar-refractivity contribution in [3.8, 4) is 11.1 Å². The van der Waals surface area contributed by atoms with Crippen LogP contribution in [-0.4, -0.2) is 149 Å². The van der Waals surface area contributed by atoms with Crippen molar-refractivity contribution in [2.75, 3.05) is 54.0 Å². The molecular weight excluding hydrogens is 767 g/mol. The molecular formula is C46H61N5O9. The number of hydrogen-bond acceptors (Lipinski definition) is 8. The normalized spacial score (nSPS) is 21.9. The smallest absolute Gasteiger partial charge is 0.410 e. The van der Waals surface area contributed by atoms with Crippen molar-refractivity contribution >= 4 is 35.7 Å².